The molecule has 0 heterocycles. The molecule has 0 saturated carbocycles. The maximum atomic E-state index is 12.4. The monoisotopic (exact) mass is 342 g/mol. The minimum absolute atomic E-state index is 0.0730. The number of hydrazine groups is 2. The lowest BCUT2D eigenvalue weighted by Gasteiger charge is -2.20. The average molecular weight is 342 g/mol. The minimum Gasteiger partial charge on any atom is -0.481 e. The van der Waals surface area contributed by atoms with Crippen molar-refractivity contribution in [1.29, 1.82) is 0 Å². The Balaban J connectivity index is 2.10. The van der Waals surface area contributed by atoms with E-state index in [0.717, 1.165) is 0 Å². The Hall–Kier alpha value is -3.23. The first-order valence-corrected chi connectivity index (χ1v) is 7.39. The summed E-state index contributed by atoms with van der Waals surface area (Å²) >= 11 is 0. The number of ether oxygens (including phenoxy) is 1. The van der Waals surface area contributed by atoms with Crippen molar-refractivity contribution in [2.75, 3.05) is 0 Å². The third kappa shape index (κ3) is 4.40. The Bertz CT molecular complexity index is 779. The highest BCUT2D eigenvalue weighted by molar-refractivity contribution is 6.06. The molecule has 130 valence electrons. The van der Waals surface area contributed by atoms with Crippen LogP contribution in [-0.2, 0) is 4.79 Å². The van der Waals surface area contributed by atoms with Gasteiger partial charge in [0.05, 0.1) is 0 Å². The zero-order valence-electron chi connectivity index (χ0n) is 13.5. The molecule has 0 radical (unpaired) electrons. The molecule has 5 N–H and O–H groups in total. The number of amides is 3. The summed E-state index contributed by atoms with van der Waals surface area (Å²) in [5, 5.41) is 0.465. The predicted octanol–water partition coefficient (Wildman–Crippen LogP) is 0.600. The molecule has 1 atom stereocenters. The highest BCUT2D eigenvalue weighted by Crippen LogP contribution is 2.13. The first-order valence-electron chi connectivity index (χ1n) is 7.39. The molecule has 0 fully saturated rings. The molecule has 0 aliphatic rings. The topological polar surface area (TPSA) is 128 Å². The largest absolute Gasteiger partial charge is 0.481 e. The first-order chi connectivity index (χ1) is 11.9. The van der Waals surface area contributed by atoms with E-state index in [0.29, 0.717) is 10.8 Å². The van der Waals surface area contributed by atoms with Crippen molar-refractivity contribution in [1.82, 2.24) is 10.4 Å². The molecule has 0 aliphatic heterocycles. The normalized spacial score (nSPS) is 11.3. The number of nitrogens with two attached hydrogens (primary N) is 2. The van der Waals surface area contributed by atoms with Crippen LogP contribution in [0.25, 0.3) is 0 Å². The van der Waals surface area contributed by atoms with Crippen LogP contribution in [0.15, 0.2) is 54.6 Å². The summed E-state index contributed by atoms with van der Waals surface area (Å²) < 4.78 is 5.46. The number of benzene rings is 2. The van der Waals surface area contributed by atoms with Crippen molar-refractivity contribution in [2.24, 2.45) is 11.7 Å². The van der Waals surface area contributed by atoms with Crippen molar-refractivity contribution in [3.8, 4) is 5.75 Å². The van der Waals surface area contributed by atoms with Crippen molar-refractivity contribution < 1.29 is 19.1 Å². The Morgan fingerprint density at radius 2 is 1.68 bits per heavy atom. The maximum absolute atomic E-state index is 12.4. The summed E-state index contributed by atoms with van der Waals surface area (Å²) in [5.41, 5.74) is 2.21. The molecule has 25 heavy (non-hydrogen) atoms. The van der Waals surface area contributed by atoms with Gasteiger partial charge in [0, 0.05) is 11.1 Å². The van der Waals surface area contributed by atoms with Crippen LogP contribution in [0.5, 0.6) is 5.75 Å². The molecule has 0 aliphatic carbocycles. The van der Waals surface area contributed by atoms with E-state index >= 15 is 0 Å². The van der Waals surface area contributed by atoms with Gasteiger partial charge in [-0.05, 0) is 37.3 Å². The van der Waals surface area contributed by atoms with Gasteiger partial charge >= 0.3 is 0 Å². The Kier molecular flexibility index (Phi) is 5.83. The van der Waals surface area contributed by atoms with Gasteiger partial charge in [-0.2, -0.15) is 0 Å². The lowest BCUT2D eigenvalue weighted by molar-refractivity contribution is -0.135. The fraction of sp³-hybridized carbons (Fsp3) is 0.118. The zero-order chi connectivity index (χ0) is 18.4. The van der Waals surface area contributed by atoms with Crippen LogP contribution in [0.3, 0.4) is 0 Å². The van der Waals surface area contributed by atoms with Crippen LogP contribution in [-0.4, -0.2) is 28.8 Å². The third-order valence-corrected chi connectivity index (χ3v) is 3.36. The number of hydrogen-bond acceptors (Lipinski definition) is 6. The number of carbonyl (C=O) groups excluding carboxylic acids is 3. The lowest BCUT2D eigenvalue weighted by Crippen LogP contribution is -2.48. The summed E-state index contributed by atoms with van der Waals surface area (Å²) in [7, 11) is 0. The minimum atomic E-state index is -0.966. The van der Waals surface area contributed by atoms with E-state index in [9.17, 15) is 14.4 Å². The molecule has 2 aromatic rings. The second-order valence-corrected chi connectivity index (χ2v) is 5.14. The highest BCUT2D eigenvalue weighted by Gasteiger charge is 2.26. The van der Waals surface area contributed by atoms with Gasteiger partial charge in [-0.15, -0.1) is 0 Å². The number of nitrogen functional groups attached to an aromatic ring is 1. The predicted molar refractivity (Wildman–Crippen MR) is 90.0 cm³/mol. The van der Waals surface area contributed by atoms with Gasteiger partial charge in [0.15, 0.2) is 6.10 Å². The van der Waals surface area contributed by atoms with E-state index in [1.807, 2.05) is 11.5 Å². The van der Waals surface area contributed by atoms with Crippen LogP contribution in [0.2, 0.25) is 0 Å². The second-order valence-electron chi connectivity index (χ2n) is 5.14. The van der Waals surface area contributed by atoms with Gasteiger partial charge in [0.25, 0.3) is 17.7 Å². The Morgan fingerprint density at radius 3 is 2.32 bits per heavy atom. The van der Waals surface area contributed by atoms with E-state index in [1.54, 1.807) is 24.3 Å². The van der Waals surface area contributed by atoms with E-state index in [-0.39, 0.29) is 11.1 Å². The highest BCUT2D eigenvalue weighted by atomic mass is 16.5. The Labute approximate surface area is 144 Å². The zero-order valence-corrected chi connectivity index (χ0v) is 13.5. The number of para-hydroxylation sites is 1. The number of nitrogens with one attached hydrogen (secondary N) is 1. The molecule has 3 amide bonds. The Morgan fingerprint density at radius 1 is 1.04 bits per heavy atom. The molecule has 2 rings (SSSR count). The summed E-state index contributed by atoms with van der Waals surface area (Å²) in [6.45, 7) is 1.49. The van der Waals surface area contributed by atoms with Crippen molar-refractivity contribution in [3.05, 3.63) is 65.7 Å². The van der Waals surface area contributed by atoms with Gasteiger partial charge < -0.3 is 4.74 Å². The molecule has 0 aromatic heterocycles. The summed E-state index contributed by atoms with van der Waals surface area (Å²) in [5.74, 6) is 9.13. The summed E-state index contributed by atoms with van der Waals surface area (Å²) in [6.07, 6.45) is -0.966. The first kappa shape index (κ1) is 18.1. The maximum Gasteiger partial charge on any atom is 0.284 e. The summed E-state index contributed by atoms with van der Waals surface area (Å²) in [4.78, 5) is 36.2. The third-order valence-electron chi connectivity index (χ3n) is 3.36. The van der Waals surface area contributed by atoms with E-state index in [1.165, 1.54) is 31.2 Å². The molecule has 2 aromatic carbocycles. The number of hydrogen-bond donors (Lipinski definition) is 3. The lowest BCUT2D eigenvalue weighted by atomic mass is 10.1. The van der Waals surface area contributed by atoms with E-state index < -0.39 is 23.8 Å². The average Bonchev–Trinajstić information content (AvgIpc) is 2.66. The number of carbonyl (C=O) groups is 3. The molecular formula is C17H18N4O4. The summed E-state index contributed by atoms with van der Waals surface area (Å²) in [6, 6.07) is 14.4. The molecule has 0 bridgehead atoms. The van der Waals surface area contributed by atoms with Gasteiger partial charge in [-0.3, -0.25) is 19.8 Å². The second kappa shape index (κ2) is 8.04. The van der Waals surface area contributed by atoms with Crippen LogP contribution < -0.4 is 21.8 Å². The fourth-order valence-corrected chi connectivity index (χ4v) is 2.07. The van der Waals surface area contributed by atoms with Gasteiger partial charge in [0.1, 0.15) is 5.75 Å². The number of nitrogens with zero attached hydrogens (tertiary/aromatic N) is 1. The van der Waals surface area contributed by atoms with Crippen LogP contribution in [0.4, 0.5) is 0 Å². The fourth-order valence-electron chi connectivity index (χ4n) is 2.07. The molecule has 1 unspecified atom stereocenters. The van der Waals surface area contributed by atoms with E-state index in [4.69, 9.17) is 16.4 Å². The molecule has 8 nitrogen and oxygen atoms in total. The number of imide groups is 1. The van der Waals surface area contributed by atoms with E-state index in [2.05, 4.69) is 0 Å². The smallest absolute Gasteiger partial charge is 0.284 e. The van der Waals surface area contributed by atoms with Crippen LogP contribution in [0.1, 0.15) is 27.6 Å². The molecular weight excluding hydrogens is 324 g/mol. The quantitative estimate of drug-likeness (QED) is 0.415. The van der Waals surface area contributed by atoms with Gasteiger partial charge in [-0.25, -0.2) is 16.7 Å². The van der Waals surface area contributed by atoms with Gasteiger partial charge in [-0.1, -0.05) is 24.3 Å². The van der Waals surface area contributed by atoms with Crippen LogP contribution >= 0.6 is 0 Å². The van der Waals surface area contributed by atoms with Crippen LogP contribution in [0, 0.1) is 0 Å². The number of rotatable bonds is 5. The molecule has 8 heteroatoms. The van der Waals surface area contributed by atoms with Crippen molar-refractivity contribution >= 4 is 17.7 Å². The van der Waals surface area contributed by atoms with Gasteiger partial charge in [0.2, 0.25) is 0 Å². The van der Waals surface area contributed by atoms with Crippen molar-refractivity contribution in [3.63, 3.8) is 0 Å². The molecule has 0 spiro atoms. The standard InChI is InChI=1S/C17H18N4O4/c1-11(25-14-8-3-2-4-9-14)16(23)21(19)17(24)13-7-5-6-12(10-13)15(22)20-18/h2-11H,18-19H2,1H3,(H,20,22). The SMILES string of the molecule is CC(Oc1ccccc1)C(=O)N(N)C(=O)c1cccc(C(=O)NN)c1. The molecule has 0 saturated heterocycles. The van der Waals surface area contributed by atoms with Crippen molar-refractivity contribution in [2.45, 2.75) is 13.0 Å².